The molecule has 0 aromatic carbocycles. The van der Waals surface area contributed by atoms with Crippen molar-refractivity contribution in [3.8, 4) is 0 Å². The first-order chi connectivity index (χ1) is 7.41. The first-order valence-electron chi connectivity index (χ1n) is 6.31. The Balaban J connectivity index is 2.70. The SMILES string of the molecule is CC1(C)CC(NC(=O)C(C)(C)N)CC(C)(C)N1. The maximum atomic E-state index is 11.9. The number of rotatable bonds is 2. The van der Waals surface area contributed by atoms with E-state index >= 15 is 0 Å². The zero-order chi connectivity index (χ0) is 13.5. The smallest absolute Gasteiger partial charge is 0.239 e. The van der Waals surface area contributed by atoms with Crippen molar-refractivity contribution >= 4 is 5.91 Å². The summed E-state index contributed by atoms with van der Waals surface area (Å²) in [5, 5.41) is 6.66. The van der Waals surface area contributed by atoms with Gasteiger partial charge in [-0.15, -0.1) is 0 Å². The quantitative estimate of drug-likeness (QED) is 0.679. The first kappa shape index (κ1) is 14.5. The fourth-order valence-electron chi connectivity index (χ4n) is 2.80. The molecule has 4 N–H and O–H groups in total. The van der Waals surface area contributed by atoms with E-state index in [9.17, 15) is 4.79 Å². The van der Waals surface area contributed by atoms with Crippen molar-refractivity contribution in [1.82, 2.24) is 10.6 Å². The maximum absolute atomic E-state index is 11.9. The van der Waals surface area contributed by atoms with E-state index in [2.05, 4.69) is 38.3 Å². The second kappa shape index (κ2) is 4.25. The molecule has 1 fully saturated rings. The molecule has 0 aliphatic carbocycles. The van der Waals surface area contributed by atoms with Crippen LogP contribution < -0.4 is 16.4 Å². The summed E-state index contributed by atoms with van der Waals surface area (Å²) in [7, 11) is 0. The minimum atomic E-state index is -0.806. The number of piperidine rings is 1. The Morgan fingerprint density at radius 1 is 1.24 bits per heavy atom. The predicted octanol–water partition coefficient (Wildman–Crippen LogP) is 1.15. The fourth-order valence-corrected chi connectivity index (χ4v) is 2.80. The van der Waals surface area contributed by atoms with E-state index in [0.29, 0.717) is 0 Å². The highest BCUT2D eigenvalue weighted by molar-refractivity contribution is 5.85. The van der Waals surface area contributed by atoms with Gasteiger partial charge < -0.3 is 16.4 Å². The normalized spacial score (nSPS) is 24.4. The van der Waals surface area contributed by atoms with Gasteiger partial charge in [0.15, 0.2) is 0 Å². The third kappa shape index (κ3) is 4.28. The van der Waals surface area contributed by atoms with Crippen LogP contribution in [0, 0.1) is 0 Å². The minimum absolute atomic E-state index is 0.0401. The van der Waals surface area contributed by atoms with Gasteiger partial charge in [-0.2, -0.15) is 0 Å². The number of carbonyl (C=O) groups is 1. The fraction of sp³-hybridized carbons (Fsp3) is 0.923. The Bertz CT molecular complexity index is 286. The molecule has 17 heavy (non-hydrogen) atoms. The Morgan fingerprint density at radius 3 is 2.00 bits per heavy atom. The molecule has 0 aromatic rings. The lowest BCUT2D eigenvalue weighted by Gasteiger charge is -2.47. The van der Waals surface area contributed by atoms with Gasteiger partial charge in [-0.3, -0.25) is 4.79 Å². The molecule has 0 atom stereocenters. The first-order valence-corrected chi connectivity index (χ1v) is 6.31. The summed E-state index contributed by atoms with van der Waals surface area (Å²) >= 11 is 0. The topological polar surface area (TPSA) is 67.2 Å². The average Bonchev–Trinajstić information content (AvgIpc) is 1.94. The van der Waals surface area contributed by atoms with Gasteiger partial charge in [-0.1, -0.05) is 0 Å². The number of hydrogen-bond acceptors (Lipinski definition) is 3. The van der Waals surface area contributed by atoms with Crippen molar-refractivity contribution in [2.45, 2.75) is 77.0 Å². The van der Waals surface area contributed by atoms with E-state index in [1.54, 1.807) is 13.8 Å². The minimum Gasteiger partial charge on any atom is -0.352 e. The van der Waals surface area contributed by atoms with Crippen LogP contribution in [0.2, 0.25) is 0 Å². The highest BCUT2D eigenvalue weighted by Gasteiger charge is 2.39. The van der Waals surface area contributed by atoms with Crippen LogP contribution in [0.5, 0.6) is 0 Å². The van der Waals surface area contributed by atoms with E-state index in [1.807, 2.05) is 0 Å². The molecule has 1 aliphatic rings. The van der Waals surface area contributed by atoms with Crippen molar-refractivity contribution in [1.29, 1.82) is 0 Å². The van der Waals surface area contributed by atoms with E-state index < -0.39 is 5.54 Å². The van der Waals surface area contributed by atoms with Crippen molar-refractivity contribution in [3.63, 3.8) is 0 Å². The summed E-state index contributed by atoms with van der Waals surface area (Å²) in [6, 6.07) is 0.191. The number of hydrogen-bond donors (Lipinski definition) is 3. The molecule has 0 unspecified atom stereocenters. The molecule has 1 saturated heterocycles. The Morgan fingerprint density at radius 2 is 1.65 bits per heavy atom. The number of amides is 1. The molecule has 0 spiro atoms. The van der Waals surface area contributed by atoms with Gasteiger partial charge in [0.25, 0.3) is 0 Å². The van der Waals surface area contributed by atoms with Crippen LogP contribution in [0.4, 0.5) is 0 Å². The van der Waals surface area contributed by atoms with Crippen LogP contribution in [0.3, 0.4) is 0 Å². The van der Waals surface area contributed by atoms with Gasteiger partial charge >= 0.3 is 0 Å². The van der Waals surface area contributed by atoms with Crippen LogP contribution in [-0.4, -0.2) is 28.6 Å². The van der Waals surface area contributed by atoms with E-state index in [1.165, 1.54) is 0 Å². The average molecular weight is 241 g/mol. The summed E-state index contributed by atoms with van der Waals surface area (Å²) < 4.78 is 0. The van der Waals surface area contributed by atoms with E-state index in [-0.39, 0.29) is 23.0 Å². The molecule has 1 rings (SSSR count). The number of carbonyl (C=O) groups excluding carboxylic acids is 1. The van der Waals surface area contributed by atoms with Crippen molar-refractivity contribution in [3.05, 3.63) is 0 Å². The van der Waals surface area contributed by atoms with Crippen LogP contribution in [-0.2, 0) is 4.79 Å². The predicted molar refractivity (Wildman–Crippen MR) is 70.7 cm³/mol. The summed E-state index contributed by atoms with van der Waals surface area (Å²) in [5.74, 6) is -0.0731. The Labute approximate surface area is 105 Å². The van der Waals surface area contributed by atoms with Gasteiger partial charge in [-0.25, -0.2) is 0 Å². The molecule has 1 heterocycles. The molecular weight excluding hydrogens is 214 g/mol. The third-order valence-corrected chi connectivity index (χ3v) is 3.11. The lowest BCUT2D eigenvalue weighted by molar-refractivity contribution is -0.126. The van der Waals surface area contributed by atoms with E-state index in [4.69, 9.17) is 5.73 Å². The summed E-state index contributed by atoms with van der Waals surface area (Å²) in [5.41, 5.74) is 5.08. The van der Waals surface area contributed by atoms with Gasteiger partial charge in [0, 0.05) is 17.1 Å². The molecule has 0 aromatic heterocycles. The van der Waals surface area contributed by atoms with Gasteiger partial charge in [0.2, 0.25) is 5.91 Å². The molecular formula is C13H27N3O. The largest absolute Gasteiger partial charge is 0.352 e. The monoisotopic (exact) mass is 241 g/mol. The third-order valence-electron chi connectivity index (χ3n) is 3.11. The Hall–Kier alpha value is -0.610. The Kier molecular flexibility index (Phi) is 3.61. The van der Waals surface area contributed by atoms with Crippen molar-refractivity contribution < 1.29 is 4.79 Å². The molecule has 1 amide bonds. The lowest BCUT2D eigenvalue weighted by atomic mass is 9.79. The van der Waals surface area contributed by atoms with E-state index in [0.717, 1.165) is 12.8 Å². The zero-order valence-corrected chi connectivity index (χ0v) is 12.0. The highest BCUT2D eigenvalue weighted by Crippen LogP contribution is 2.28. The molecule has 100 valence electrons. The van der Waals surface area contributed by atoms with Crippen LogP contribution in [0.25, 0.3) is 0 Å². The second-order valence-electron chi connectivity index (χ2n) is 7.19. The highest BCUT2D eigenvalue weighted by atomic mass is 16.2. The molecule has 4 nitrogen and oxygen atoms in total. The van der Waals surface area contributed by atoms with Crippen LogP contribution in [0.15, 0.2) is 0 Å². The maximum Gasteiger partial charge on any atom is 0.239 e. The van der Waals surface area contributed by atoms with Crippen LogP contribution >= 0.6 is 0 Å². The zero-order valence-electron chi connectivity index (χ0n) is 12.0. The van der Waals surface area contributed by atoms with Gasteiger partial charge in [0.05, 0.1) is 5.54 Å². The number of nitrogens with one attached hydrogen (secondary N) is 2. The molecule has 1 aliphatic heterocycles. The molecule has 0 saturated carbocycles. The van der Waals surface area contributed by atoms with Gasteiger partial charge in [-0.05, 0) is 54.4 Å². The molecule has 0 bridgehead atoms. The number of nitrogens with two attached hydrogens (primary N) is 1. The summed E-state index contributed by atoms with van der Waals surface area (Å²) in [4.78, 5) is 11.9. The summed E-state index contributed by atoms with van der Waals surface area (Å²) in [6.45, 7) is 12.1. The van der Waals surface area contributed by atoms with Crippen LogP contribution in [0.1, 0.15) is 54.4 Å². The second-order valence-corrected chi connectivity index (χ2v) is 7.19. The standard InChI is InChI=1S/C13H27N3O/c1-11(2)7-9(8-12(3,4)16-11)15-10(17)13(5,6)14/h9,16H,7-8,14H2,1-6H3,(H,15,17). The molecule has 4 heteroatoms. The summed E-state index contributed by atoms with van der Waals surface area (Å²) in [6.07, 6.45) is 1.86. The van der Waals surface area contributed by atoms with Gasteiger partial charge in [0.1, 0.15) is 0 Å². The van der Waals surface area contributed by atoms with Crippen molar-refractivity contribution in [2.24, 2.45) is 5.73 Å². The lowest BCUT2D eigenvalue weighted by Crippen LogP contribution is -2.64. The van der Waals surface area contributed by atoms with Crippen molar-refractivity contribution in [2.75, 3.05) is 0 Å². The molecule has 0 radical (unpaired) electrons.